The van der Waals surface area contributed by atoms with Crippen LogP contribution in [0.3, 0.4) is 0 Å². The molecular formula is C7H4N4O2. The number of oxazole rings is 1. The molecule has 0 radical (unpaired) electrons. The zero-order chi connectivity index (χ0) is 8.84. The SMILES string of the molecule is O=c1nc2nc3occn3cc-2[nH]1. The molecule has 0 saturated heterocycles. The second-order valence-corrected chi connectivity index (χ2v) is 2.61. The van der Waals surface area contributed by atoms with E-state index >= 15 is 0 Å². The van der Waals surface area contributed by atoms with Gasteiger partial charge in [0.15, 0.2) is 5.82 Å². The highest BCUT2D eigenvalue weighted by Gasteiger charge is 2.10. The van der Waals surface area contributed by atoms with E-state index in [0.29, 0.717) is 17.4 Å². The molecular weight excluding hydrogens is 172 g/mol. The van der Waals surface area contributed by atoms with Gasteiger partial charge in [0, 0.05) is 12.4 Å². The van der Waals surface area contributed by atoms with Crippen LogP contribution >= 0.6 is 0 Å². The van der Waals surface area contributed by atoms with Gasteiger partial charge in [-0.15, -0.1) is 0 Å². The minimum atomic E-state index is -0.393. The highest BCUT2D eigenvalue weighted by molar-refractivity contribution is 5.52. The van der Waals surface area contributed by atoms with Crippen molar-refractivity contribution in [2.24, 2.45) is 0 Å². The Kier molecular flexibility index (Phi) is 0.974. The summed E-state index contributed by atoms with van der Waals surface area (Å²) >= 11 is 0. The quantitative estimate of drug-likeness (QED) is 0.527. The molecule has 64 valence electrons. The summed E-state index contributed by atoms with van der Waals surface area (Å²) in [6, 6.07) is 0. The van der Waals surface area contributed by atoms with Crippen LogP contribution in [0.25, 0.3) is 17.4 Å². The molecule has 6 nitrogen and oxygen atoms in total. The Hall–Kier alpha value is -2.11. The third-order valence-corrected chi connectivity index (χ3v) is 1.78. The monoisotopic (exact) mass is 176 g/mol. The van der Waals surface area contributed by atoms with Crippen molar-refractivity contribution in [1.29, 1.82) is 0 Å². The van der Waals surface area contributed by atoms with Crippen LogP contribution in [-0.4, -0.2) is 19.4 Å². The second kappa shape index (κ2) is 1.98. The lowest BCUT2D eigenvalue weighted by atomic mass is 10.4. The molecule has 0 amide bonds. The van der Waals surface area contributed by atoms with Crippen LogP contribution < -0.4 is 5.69 Å². The fourth-order valence-electron chi connectivity index (χ4n) is 1.22. The van der Waals surface area contributed by atoms with E-state index in [1.807, 2.05) is 0 Å². The number of H-pyrrole nitrogens is 1. The molecule has 0 spiro atoms. The van der Waals surface area contributed by atoms with Gasteiger partial charge in [0.25, 0.3) is 0 Å². The van der Waals surface area contributed by atoms with Crippen LogP contribution in [-0.2, 0) is 0 Å². The maximum atomic E-state index is 10.8. The van der Waals surface area contributed by atoms with Crippen molar-refractivity contribution in [1.82, 2.24) is 19.4 Å². The molecule has 1 aromatic heterocycles. The summed E-state index contributed by atoms with van der Waals surface area (Å²) in [5, 5.41) is 0. The first kappa shape index (κ1) is 6.41. The maximum absolute atomic E-state index is 10.8. The Morgan fingerprint density at radius 3 is 3.31 bits per heavy atom. The molecule has 0 atom stereocenters. The molecule has 6 heteroatoms. The average Bonchev–Trinajstić information content (AvgIpc) is 2.63. The lowest BCUT2D eigenvalue weighted by molar-refractivity contribution is 0.591. The Morgan fingerprint density at radius 1 is 1.46 bits per heavy atom. The highest BCUT2D eigenvalue weighted by atomic mass is 16.3. The fourth-order valence-corrected chi connectivity index (χ4v) is 1.22. The van der Waals surface area contributed by atoms with Crippen LogP contribution in [0.5, 0.6) is 0 Å². The van der Waals surface area contributed by atoms with Crippen molar-refractivity contribution in [2.75, 3.05) is 0 Å². The average molecular weight is 176 g/mol. The van der Waals surface area contributed by atoms with Gasteiger partial charge in [-0.3, -0.25) is 4.40 Å². The van der Waals surface area contributed by atoms with E-state index in [0.717, 1.165) is 0 Å². The van der Waals surface area contributed by atoms with E-state index in [9.17, 15) is 4.79 Å². The van der Waals surface area contributed by atoms with Crippen LogP contribution in [0.4, 0.5) is 0 Å². The Bertz CT molecular complexity index is 542. The number of nitrogens with one attached hydrogen (secondary N) is 1. The smallest absolute Gasteiger partial charge is 0.347 e. The third-order valence-electron chi connectivity index (χ3n) is 1.78. The zero-order valence-corrected chi connectivity index (χ0v) is 6.39. The van der Waals surface area contributed by atoms with Gasteiger partial charge in [0.2, 0.25) is 0 Å². The van der Waals surface area contributed by atoms with Gasteiger partial charge in [0.1, 0.15) is 12.0 Å². The van der Waals surface area contributed by atoms with Crippen LogP contribution in [0, 0.1) is 0 Å². The molecule has 0 aliphatic carbocycles. The zero-order valence-electron chi connectivity index (χ0n) is 6.39. The molecule has 2 aliphatic rings. The van der Waals surface area contributed by atoms with Crippen LogP contribution in [0.15, 0.2) is 27.9 Å². The number of aromatic nitrogens is 4. The van der Waals surface area contributed by atoms with E-state index in [2.05, 4.69) is 15.0 Å². The van der Waals surface area contributed by atoms with Gasteiger partial charge in [-0.25, -0.2) is 4.79 Å². The minimum Gasteiger partial charge on any atom is -0.432 e. The first-order valence-corrected chi connectivity index (χ1v) is 3.65. The van der Waals surface area contributed by atoms with Crippen molar-refractivity contribution < 1.29 is 4.42 Å². The fraction of sp³-hybridized carbons (Fsp3) is 0. The summed E-state index contributed by atoms with van der Waals surface area (Å²) in [6.45, 7) is 0. The lowest BCUT2D eigenvalue weighted by Crippen LogP contribution is -1.98. The van der Waals surface area contributed by atoms with E-state index in [-0.39, 0.29) is 0 Å². The summed E-state index contributed by atoms with van der Waals surface area (Å²) in [6.07, 6.45) is 4.92. The van der Waals surface area contributed by atoms with E-state index < -0.39 is 5.69 Å². The molecule has 2 aliphatic heterocycles. The predicted octanol–water partition coefficient (Wildman–Crippen LogP) is 0.115. The first-order valence-electron chi connectivity index (χ1n) is 3.65. The maximum Gasteiger partial charge on any atom is 0.347 e. The minimum absolute atomic E-state index is 0.375. The molecule has 0 aromatic carbocycles. The van der Waals surface area contributed by atoms with Crippen LogP contribution in [0.2, 0.25) is 0 Å². The van der Waals surface area contributed by atoms with Crippen LogP contribution in [0.1, 0.15) is 0 Å². The normalized spacial score (nSPS) is 11.4. The van der Waals surface area contributed by atoms with Gasteiger partial charge in [-0.1, -0.05) is 0 Å². The van der Waals surface area contributed by atoms with Gasteiger partial charge in [-0.05, 0) is 0 Å². The number of imidazole rings is 1. The van der Waals surface area contributed by atoms with Gasteiger partial charge < -0.3 is 9.40 Å². The summed E-state index contributed by atoms with van der Waals surface area (Å²) < 4.78 is 6.70. The summed E-state index contributed by atoms with van der Waals surface area (Å²) in [7, 11) is 0. The third kappa shape index (κ3) is 0.792. The van der Waals surface area contributed by atoms with Crippen molar-refractivity contribution in [2.45, 2.75) is 0 Å². The molecule has 3 heterocycles. The second-order valence-electron chi connectivity index (χ2n) is 2.61. The molecule has 1 N–H and O–H groups in total. The number of hydrogen-bond acceptors (Lipinski definition) is 4. The standard InChI is InChI=1S/C7H4N4O2/c12-6-8-4-3-11-1-2-13-7(11)10-5(4)9-6/h1-3H,(H,8,12). The van der Waals surface area contributed by atoms with Crippen molar-refractivity contribution in [3.8, 4) is 11.5 Å². The number of rotatable bonds is 0. The molecule has 0 saturated carbocycles. The number of fused-ring (bicyclic) bond motifs is 2. The van der Waals surface area contributed by atoms with E-state index in [1.54, 1.807) is 16.8 Å². The van der Waals surface area contributed by atoms with Crippen molar-refractivity contribution >= 4 is 5.84 Å². The van der Waals surface area contributed by atoms with E-state index in [1.165, 1.54) is 6.26 Å². The summed E-state index contributed by atoms with van der Waals surface area (Å²) in [5.74, 6) is 0.791. The Labute approximate surface area is 71.2 Å². The summed E-state index contributed by atoms with van der Waals surface area (Å²) in [5.41, 5.74) is 0.208. The first-order chi connectivity index (χ1) is 6.33. The Morgan fingerprint density at radius 2 is 2.38 bits per heavy atom. The number of nitrogens with zero attached hydrogens (tertiary/aromatic N) is 3. The van der Waals surface area contributed by atoms with Gasteiger partial charge in [-0.2, -0.15) is 9.97 Å². The molecule has 1 aromatic rings. The van der Waals surface area contributed by atoms with Gasteiger partial charge in [0.05, 0.1) is 0 Å². The molecule has 13 heavy (non-hydrogen) atoms. The van der Waals surface area contributed by atoms with Crippen molar-refractivity contribution in [3.63, 3.8) is 0 Å². The predicted molar refractivity (Wildman–Crippen MR) is 42.5 cm³/mol. The molecule has 0 unspecified atom stereocenters. The largest absolute Gasteiger partial charge is 0.432 e. The topological polar surface area (TPSA) is 76.2 Å². The number of aromatic amines is 1. The molecule has 0 fully saturated rings. The van der Waals surface area contributed by atoms with E-state index in [4.69, 9.17) is 4.42 Å². The van der Waals surface area contributed by atoms with Crippen molar-refractivity contribution in [3.05, 3.63) is 29.1 Å². The number of hydrogen-bond donors (Lipinski definition) is 1. The molecule has 3 rings (SSSR count). The highest BCUT2D eigenvalue weighted by Crippen LogP contribution is 2.13. The lowest BCUT2D eigenvalue weighted by Gasteiger charge is -1.94. The molecule has 0 bridgehead atoms. The summed E-state index contributed by atoms with van der Waals surface area (Å²) in [4.78, 5) is 21.1. The van der Waals surface area contributed by atoms with Gasteiger partial charge >= 0.3 is 11.5 Å². The Balaban J connectivity index is 2.56.